The molecule has 0 saturated carbocycles. The van der Waals surface area contributed by atoms with Crippen LogP contribution in [0, 0.1) is 0 Å². The third-order valence-corrected chi connectivity index (χ3v) is 2.31. The van der Waals surface area contributed by atoms with Crippen LogP contribution in [0.25, 0.3) is 12.2 Å². The first-order chi connectivity index (χ1) is 8.89. The number of hydrogen-bond donors (Lipinski definition) is 0. The van der Waals surface area contributed by atoms with E-state index in [1.165, 1.54) is 13.0 Å². The average molecular weight is 270 g/mol. The van der Waals surface area contributed by atoms with Crippen LogP contribution in [0.5, 0.6) is 0 Å². The third kappa shape index (κ3) is 4.28. The van der Waals surface area contributed by atoms with Crippen molar-refractivity contribution >= 4 is 18.1 Å². The number of alkyl halides is 3. The summed E-state index contributed by atoms with van der Waals surface area (Å²) in [6, 6.07) is 6.96. The molecule has 0 spiro atoms. The SMILES string of the molecule is C=Cc1ccccc1/C=C(\C)C(=O)OC(F)(F)CF. The first-order valence-electron chi connectivity index (χ1n) is 5.46. The van der Waals surface area contributed by atoms with Gasteiger partial charge in [0.15, 0.2) is 6.67 Å². The van der Waals surface area contributed by atoms with Crippen molar-refractivity contribution in [3.63, 3.8) is 0 Å². The Hall–Kier alpha value is -2.04. The van der Waals surface area contributed by atoms with Crippen LogP contribution in [0.1, 0.15) is 18.1 Å². The number of esters is 1. The van der Waals surface area contributed by atoms with Gasteiger partial charge in [0, 0.05) is 5.57 Å². The maximum absolute atomic E-state index is 12.6. The second-order valence-electron chi connectivity index (χ2n) is 3.82. The number of halogens is 3. The van der Waals surface area contributed by atoms with Crippen LogP contribution in [0.4, 0.5) is 13.2 Å². The van der Waals surface area contributed by atoms with Gasteiger partial charge in [0.25, 0.3) is 0 Å². The molecule has 0 unspecified atom stereocenters. The largest absolute Gasteiger partial charge is 0.429 e. The normalized spacial score (nSPS) is 12.1. The highest BCUT2D eigenvalue weighted by Crippen LogP contribution is 2.20. The molecular formula is C14H13F3O2. The summed E-state index contributed by atoms with van der Waals surface area (Å²) in [4.78, 5) is 11.4. The Morgan fingerprint density at radius 2 is 1.95 bits per heavy atom. The minimum Gasteiger partial charge on any atom is -0.395 e. The van der Waals surface area contributed by atoms with E-state index in [4.69, 9.17) is 0 Å². The molecule has 0 heterocycles. The number of carbonyl (C=O) groups excluding carboxylic acids is 1. The van der Waals surface area contributed by atoms with Gasteiger partial charge in [-0.1, -0.05) is 36.9 Å². The van der Waals surface area contributed by atoms with E-state index in [0.29, 0.717) is 5.56 Å². The van der Waals surface area contributed by atoms with E-state index in [2.05, 4.69) is 11.3 Å². The van der Waals surface area contributed by atoms with Crippen molar-refractivity contribution in [1.82, 2.24) is 0 Å². The summed E-state index contributed by atoms with van der Waals surface area (Å²) < 4.78 is 40.8. The molecule has 0 atom stereocenters. The van der Waals surface area contributed by atoms with Gasteiger partial charge in [-0.15, -0.1) is 0 Å². The van der Waals surface area contributed by atoms with E-state index >= 15 is 0 Å². The summed E-state index contributed by atoms with van der Waals surface area (Å²) in [5.41, 5.74) is 1.32. The smallest absolute Gasteiger partial charge is 0.395 e. The van der Waals surface area contributed by atoms with Crippen LogP contribution in [0.2, 0.25) is 0 Å². The molecule has 5 heteroatoms. The number of ether oxygens (including phenoxy) is 1. The van der Waals surface area contributed by atoms with Crippen LogP contribution >= 0.6 is 0 Å². The van der Waals surface area contributed by atoms with Crippen molar-refractivity contribution in [2.75, 3.05) is 6.67 Å². The minimum atomic E-state index is -4.09. The molecular weight excluding hydrogens is 257 g/mol. The Bertz CT molecular complexity index is 507. The van der Waals surface area contributed by atoms with Crippen molar-refractivity contribution in [3.05, 3.63) is 47.5 Å². The third-order valence-electron chi connectivity index (χ3n) is 2.31. The van der Waals surface area contributed by atoms with Crippen molar-refractivity contribution in [2.45, 2.75) is 13.0 Å². The average Bonchev–Trinajstić information content (AvgIpc) is 2.38. The van der Waals surface area contributed by atoms with Gasteiger partial charge < -0.3 is 4.74 Å². The lowest BCUT2D eigenvalue weighted by molar-refractivity contribution is -0.234. The molecule has 19 heavy (non-hydrogen) atoms. The van der Waals surface area contributed by atoms with E-state index in [1.807, 2.05) is 0 Å². The maximum atomic E-state index is 12.6. The Labute approximate surface area is 109 Å². The number of hydrogen-bond acceptors (Lipinski definition) is 2. The van der Waals surface area contributed by atoms with Gasteiger partial charge in [-0.25, -0.2) is 9.18 Å². The summed E-state index contributed by atoms with van der Waals surface area (Å²) in [6.45, 7) is 2.87. The van der Waals surface area contributed by atoms with Gasteiger partial charge in [-0.2, -0.15) is 8.78 Å². The molecule has 1 rings (SSSR count). The quantitative estimate of drug-likeness (QED) is 0.600. The van der Waals surface area contributed by atoms with Gasteiger partial charge in [-0.05, 0) is 24.1 Å². The van der Waals surface area contributed by atoms with E-state index in [0.717, 1.165) is 5.56 Å². The second kappa shape index (κ2) is 6.22. The lowest BCUT2D eigenvalue weighted by atomic mass is 10.1. The molecule has 0 aliphatic heterocycles. The Balaban J connectivity index is 2.93. The molecule has 0 aromatic heterocycles. The number of rotatable bonds is 5. The summed E-state index contributed by atoms with van der Waals surface area (Å²) in [5, 5.41) is 0. The lowest BCUT2D eigenvalue weighted by Crippen LogP contribution is -2.27. The Morgan fingerprint density at radius 1 is 1.37 bits per heavy atom. The fraction of sp³-hybridized carbons (Fsp3) is 0.214. The fourth-order valence-electron chi connectivity index (χ4n) is 1.36. The number of carbonyl (C=O) groups is 1. The molecule has 0 radical (unpaired) electrons. The first-order valence-corrected chi connectivity index (χ1v) is 5.46. The molecule has 102 valence electrons. The zero-order valence-corrected chi connectivity index (χ0v) is 10.3. The van der Waals surface area contributed by atoms with Crippen molar-refractivity contribution in [2.24, 2.45) is 0 Å². The highest BCUT2D eigenvalue weighted by Gasteiger charge is 2.34. The topological polar surface area (TPSA) is 26.3 Å². The fourth-order valence-corrected chi connectivity index (χ4v) is 1.36. The lowest BCUT2D eigenvalue weighted by Gasteiger charge is -2.13. The van der Waals surface area contributed by atoms with Gasteiger partial charge >= 0.3 is 12.1 Å². The highest BCUT2D eigenvalue weighted by molar-refractivity contribution is 5.93. The van der Waals surface area contributed by atoms with E-state index in [-0.39, 0.29) is 5.57 Å². The monoisotopic (exact) mass is 270 g/mol. The van der Waals surface area contributed by atoms with Gasteiger partial charge in [0.2, 0.25) is 0 Å². The summed E-state index contributed by atoms with van der Waals surface area (Å²) >= 11 is 0. The molecule has 0 fully saturated rings. The summed E-state index contributed by atoms with van der Waals surface area (Å²) in [7, 11) is 0. The molecule has 0 N–H and O–H groups in total. The second-order valence-corrected chi connectivity index (χ2v) is 3.82. The molecule has 0 amide bonds. The molecule has 0 bridgehead atoms. The van der Waals surface area contributed by atoms with Crippen LogP contribution in [0.15, 0.2) is 36.4 Å². The maximum Gasteiger partial charge on any atom is 0.429 e. The first kappa shape index (κ1) is 15.0. The van der Waals surface area contributed by atoms with Crippen molar-refractivity contribution in [1.29, 1.82) is 0 Å². The van der Waals surface area contributed by atoms with Crippen LogP contribution in [-0.2, 0) is 9.53 Å². The van der Waals surface area contributed by atoms with Gasteiger partial charge in [0.05, 0.1) is 0 Å². The molecule has 2 nitrogen and oxygen atoms in total. The molecule has 0 saturated heterocycles. The molecule has 0 aliphatic rings. The van der Waals surface area contributed by atoms with Crippen LogP contribution in [-0.4, -0.2) is 18.8 Å². The predicted octanol–water partition coefficient (Wildman–Crippen LogP) is 3.84. The van der Waals surface area contributed by atoms with Crippen LogP contribution in [0.3, 0.4) is 0 Å². The molecule has 1 aromatic rings. The molecule has 1 aromatic carbocycles. The van der Waals surface area contributed by atoms with Gasteiger partial charge in [-0.3, -0.25) is 0 Å². The number of benzene rings is 1. The van der Waals surface area contributed by atoms with Crippen molar-refractivity contribution in [3.8, 4) is 0 Å². The molecule has 0 aliphatic carbocycles. The zero-order chi connectivity index (χ0) is 14.5. The van der Waals surface area contributed by atoms with E-state index in [9.17, 15) is 18.0 Å². The highest BCUT2D eigenvalue weighted by atomic mass is 19.3. The van der Waals surface area contributed by atoms with E-state index < -0.39 is 18.8 Å². The zero-order valence-electron chi connectivity index (χ0n) is 10.3. The standard InChI is InChI=1S/C14H13F3O2/c1-3-11-6-4-5-7-12(11)8-10(2)13(18)19-14(16,17)9-15/h3-8H,1,9H2,2H3/b10-8+. The van der Waals surface area contributed by atoms with E-state index in [1.54, 1.807) is 30.3 Å². The minimum absolute atomic E-state index is 0.0533. The van der Waals surface area contributed by atoms with Crippen LogP contribution < -0.4 is 0 Å². The van der Waals surface area contributed by atoms with Crippen molar-refractivity contribution < 1.29 is 22.7 Å². The summed E-state index contributed by atoms with van der Waals surface area (Å²) in [6.07, 6.45) is -1.14. The predicted molar refractivity (Wildman–Crippen MR) is 67.2 cm³/mol. The summed E-state index contributed by atoms with van der Waals surface area (Å²) in [5.74, 6) is -1.26. The Kier molecular flexibility index (Phi) is 4.92. The van der Waals surface area contributed by atoms with Gasteiger partial charge in [0.1, 0.15) is 0 Å². The Morgan fingerprint density at radius 3 is 2.47 bits per heavy atom.